The number of fused-ring (bicyclic) bond motifs is 1. The van der Waals surface area contributed by atoms with Crippen molar-refractivity contribution in [3.05, 3.63) is 43.9 Å². The van der Waals surface area contributed by atoms with Gasteiger partial charge in [-0.15, -0.1) is 0 Å². The second-order valence-corrected chi connectivity index (χ2v) is 6.89. The zero-order chi connectivity index (χ0) is 19.0. The van der Waals surface area contributed by atoms with Crippen LogP contribution in [0.2, 0.25) is 0 Å². The van der Waals surface area contributed by atoms with E-state index in [0.717, 1.165) is 17.5 Å². The Morgan fingerprint density at radius 2 is 1.92 bits per heavy atom. The Morgan fingerprint density at radius 1 is 1.27 bits per heavy atom. The van der Waals surface area contributed by atoms with Crippen LogP contribution in [0.4, 0.5) is 0 Å². The number of nitrogens with one attached hydrogen (secondary N) is 2. The summed E-state index contributed by atoms with van der Waals surface area (Å²) >= 11 is 5.20. The van der Waals surface area contributed by atoms with Crippen molar-refractivity contribution < 1.29 is 14.6 Å². The summed E-state index contributed by atoms with van der Waals surface area (Å²) in [5.41, 5.74) is 1.77. The molecule has 0 spiro atoms. The number of aromatic hydroxyl groups is 1. The van der Waals surface area contributed by atoms with Gasteiger partial charge in [-0.05, 0) is 55.7 Å². The first kappa shape index (κ1) is 18.5. The number of rotatable bonds is 4. The van der Waals surface area contributed by atoms with E-state index in [0.29, 0.717) is 18.0 Å². The van der Waals surface area contributed by atoms with Gasteiger partial charge in [-0.2, -0.15) is 0 Å². The summed E-state index contributed by atoms with van der Waals surface area (Å²) in [4.78, 5) is 15.3. The molecule has 0 amide bonds. The Hall–Kier alpha value is -2.32. The molecule has 140 valence electrons. The zero-order valence-corrected chi connectivity index (χ0v) is 16.1. The third-order valence-electron chi connectivity index (χ3n) is 4.66. The fourth-order valence-electron chi connectivity index (χ4n) is 3.43. The number of hydrogen-bond acceptors (Lipinski definition) is 6. The van der Waals surface area contributed by atoms with Gasteiger partial charge < -0.3 is 19.9 Å². The molecule has 26 heavy (non-hydrogen) atoms. The van der Waals surface area contributed by atoms with E-state index in [1.807, 2.05) is 26.0 Å². The van der Waals surface area contributed by atoms with Crippen LogP contribution < -0.4 is 20.3 Å². The van der Waals surface area contributed by atoms with Crippen LogP contribution in [-0.2, 0) is 6.42 Å². The van der Waals surface area contributed by atoms with Crippen molar-refractivity contribution in [2.75, 3.05) is 20.8 Å². The predicted molar refractivity (Wildman–Crippen MR) is 101 cm³/mol. The number of benzene rings is 1. The molecule has 0 unspecified atom stereocenters. The van der Waals surface area contributed by atoms with Crippen molar-refractivity contribution >= 4 is 12.2 Å². The Bertz CT molecular complexity index is 949. The molecule has 3 N–H and O–H groups in total. The van der Waals surface area contributed by atoms with Crippen molar-refractivity contribution in [2.24, 2.45) is 0 Å². The monoisotopic (exact) mass is 377 g/mol. The molecule has 0 aliphatic carbocycles. The van der Waals surface area contributed by atoms with E-state index >= 15 is 0 Å². The Morgan fingerprint density at radius 3 is 2.54 bits per heavy atom. The summed E-state index contributed by atoms with van der Waals surface area (Å²) in [6.07, 6.45) is 0.786. The first-order valence-corrected chi connectivity index (χ1v) is 8.85. The van der Waals surface area contributed by atoms with Crippen molar-refractivity contribution in [1.82, 2.24) is 14.9 Å². The summed E-state index contributed by atoms with van der Waals surface area (Å²) in [6.45, 7) is 4.46. The van der Waals surface area contributed by atoms with E-state index in [-0.39, 0.29) is 22.3 Å². The molecule has 8 heteroatoms. The topological polar surface area (TPSA) is 88.5 Å². The van der Waals surface area contributed by atoms with Gasteiger partial charge in [0.2, 0.25) is 5.88 Å². The minimum Gasteiger partial charge on any atom is -0.494 e. The second-order valence-electron chi connectivity index (χ2n) is 6.50. The maximum atomic E-state index is 12.6. The molecule has 1 aromatic heterocycles. The molecule has 0 bridgehead atoms. The van der Waals surface area contributed by atoms with Gasteiger partial charge in [-0.3, -0.25) is 14.3 Å². The Kier molecular flexibility index (Phi) is 5.06. The molecular weight excluding hydrogens is 354 g/mol. The number of methoxy groups -OCH3 is 2. The lowest BCUT2D eigenvalue weighted by atomic mass is 9.90. The van der Waals surface area contributed by atoms with Gasteiger partial charge in [-0.1, -0.05) is 0 Å². The largest absolute Gasteiger partial charge is 0.494 e. The molecule has 1 aromatic carbocycles. The van der Waals surface area contributed by atoms with Crippen LogP contribution in [0.25, 0.3) is 0 Å². The van der Waals surface area contributed by atoms with E-state index in [4.69, 9.17) is 21.7 Å². The van der Waals surface area contributed by atoms with Crippen LogP contribution in [0.1, 0.15) is 42.6 Å². The minimum atomic E-state index is -0.470. The maximum Gasteiger partial charge on any atom is 0.260 e. The number of hydrogen-bond donors (Lipinski definition) is 3. The lowest BCUT2D eigenvalue weighted by Gasteiger charge is -2.29. The molecule has 0 radical (unpaired) electrons. The summed E-state index contributed by atoms with van der Waals surface area (Å²) in [5.74, 6) is 1.10. The van der Waals surface area contributed by atoms with Gasteiger partial charge in [-0.25, -0.2) is 0 Å². The Labute approximate surface area is 156 Å². The number of H-pyrrole nitrogens is 1. The molecule has 7 nitrogen and oxygen atoms in total. The number of aromatic amines is 1. The van der Waals surface area contributed by atoms with Gasteiger partial charge in [0.05, 0.1) is 25.8 Å². The predicted octanol–water partition coefficient (Wildman–Crippen LogP) is 2.44. The molecule has 0 saturated heterocycles. The second kappa shape index (κ2) is 7.13. The van der Waals surface area contributed by atoms with Crippen molar-refractivity contribution in [2.45, 2.75) is 32.4 Å². The SMILES string of the molecule is COc1cc2c(cc1OC)[C@@H](c1c(O)n(C(C)C)c(=S)[nH]c1=O)NCC2. The highest BCUT2D eigenvalue weighted by atomic mass is 32.1. The fourth-order valence-corrected chi connectivity index (χ4v) is 3.82. The van der Waals surface area contributed by atoms with Crippen LogP contribution in [0, 0.1) is 4.77 Å². The van der Waals surface area contributed by atoms with E-state index in [2.05, 4.69) is 10.3 Å². The standard InChI is InChI=1S/C18H23N3O4S/c1-9(2)21-17(23)14(16(22)20-18(21)26)15-11-8-13(25-4)12(24-3)7-10(11)5-6-19-15/h7-9,15,19,23H,5-6H2,1-4H3,(H,20,22,26)/t15-/m0/s1. The van der Waals surface area contributed by atoms with Crippen molar-refractivity contribution in [1.29, 1.82) is 0 Å². The zero-order valence-electron chi connectivity index (χ0n) is 15.3. The number of aromatic nitrogens is 2. The molecule has 1 atom stereocenters. The van der Waals surface area contributed by atoms with Gasteiger partial charge in [0, 0.05) is 12.6 Å². The van der Waals surface area contributed by atoms with Crippen LogP contribution in [0.5, 0.6) is 17.4 Å². The van der Waals surface area contributed by atoms with E-state index in [1.54, 1.807) is 18.8 Å². The molecular formula is C18H23N3O4S. The van der Waals surface area contributed by atoms with Crippen molar-refractivity contribution in [3.8, 4) is 17.4 Å². The number of nitrogens with zero attached hydrogens (tertiary/aromatic N) is 1. The highest BCUT2D eigenvalue weighted by Gasteiger charge is 2.29. The molecule has 3 rings (SSSR count). The molecule has 1 aliphatic rings. The first-order chi connectivity index (χ1) is 12.4. The fraction of sp³-hybridized carbons (Fsp3) is 0.444. The summed E-state index contributed by atoms with van der Waals surface area (Å²) in [6, 6.07) is 3.21. The Balaban J connectivity index is 2.24. The quantitative estimate of drug-likeness (QED) is 0.710. The highest BCUT2D eigenvalue weighted by molar-refractivity contribution is 7.71. The summed E-state index contributed by atoms with van der Waals surface area (Å²) in [7, 11) is 3.16. The number of ether oxygens (including phenoxy) is 2. The first-order valence-electron chi connectivity index (χ1n) is 8.44. The van der Waals surface area contributed by atoms with Crippen LogP contribution in [0.3, 0.4) is 0 Å². The lowest BCUT2D eigenvalue weighted by Crippen LogP contribution is -2.35. The van der Waals surface area contributed by atoms with Crippen LogP contribution >= 0.6 is 12.2 Å². The normalized spacial score (nSPS) is 16.4. The van der Waals surface area contributed by atoms with Gasteiger partial charge >= 0.3 is 0 Å². The molecule has 2 aromatic rings. The molecule has 1 aliphatic heterocycles. The summed E-state index contributed by atoms with van der Waals surface area (Å²) in [5, 5.41) is 14.1. The lowest BCUT2D eigenvalue weighted by molar-refractivity contribution is 0.351. The highest BCUT2D eigenvalue weighted by Crippen LogP contribution is 2.38. The maximum absolute atomic E-state index is 12.6. The summed E-state index contributed by atoms with van der Waals surface area (Å²) < 4.78 is 12.5. The third kappa shape index (κ3) is 2.99. The molecule has 0 fully saturated rings. The van der Waals surface area contributed by atoms with Gasteiger partial charge in [0.1, 0.15) is 0 Å². The van der Waals surface area contributed by atoms with E-state index < -0.39 is 11.6 Å². The van der Waals surface area contributed by atoms with Crippen molar-refractivity contribution in [3.63, 3.8) is 0 Å². The van der Waals surface area contributed by atoms with E-state index in [9.17, 15) is 9.90 Å². The van der Waals surface area contributed by atoms with Gasteiger partial charge in [0.15, 0.2) is 16.3 Å². The molecule has 2 heterocycles. The van der Waals surface area contributed by atoms with Crippen LogP contribution in [-0.4, -0.2) is 35.4 Å². The van der Waals surface area contributed by atoms with Crippen LogP contribution in [0.15, 0.2) is 16.9 Å². The third-order valence-corrected chi connectivity index (χ3v) is 4.96. The molecule has 0 saturated carbocycles. The smallest absolute Gasteiger partial charge is 0.260 e. The average Bonchev–Trinajstić information content (AvgIpc) is 2.59. The average molecular weight is 377 g/mol. The minimum absolute atomic E-state index is 0.0911. The van der Waals surface area contributed by atoms with E-state index in [1.165, 1.54) is 0 Å². The van der Waals surface area contributed by atoms with Gasteiger partial charge in [0.25, 0.3) is 5.56 Å².